The van der Waals surface area contributed by atoms with Gasteiger partial charge >= 0.3 is 0 Å². The molecule has 1 aromatic heterocycles. The summed E-state index contributed by atoms with van der Waals surface area (Å²) in [5.74, 6) is 0. The van der Waals surface area contributed by atoms with E-state index in [1.165, 1.54) is 0 Å². The van der Waals surface area contributed by atoms with Crippen molar-refractivity contribution in [1.82, 2.24) is 15.0 Å². The van der Waals surface area contributed by atoms with Gasteiger partial charge in [0.15, 0.2) is 0 Å². The van der Waals surface area contributed by atoms with Crippen LogP contribution in [0.2, 0.25) is 0 Å². The molecular weight excluding hydrogens is 157 g/mol. The quantitative estimate of drug-likeness (QED) is 0.595. The number of hydrogen-bond acceptors (Lipinski definition) is 2. The van der Waals surface area contributed by atoms with Gasteiger partial charge in [-0.1, -0.05) is 17.3 Å². The van der Waals surface area contributed by atoms with Crippen molar-refractivity contribution in [3.8, 4) is 0 Å². The minimum atomic E-state index is 0.792. The maximum absolute atomic E-state index is 3.99. The van der Waals surface area contributed by atoms with Crippen molar-refractivity contribution in [3.63, 3.8) is 0 Å². The third kappa shape index (κ3) is 1.02. The fourth-order valence-corrected chi connectivity index (χ4v) is 1.32. The number of nitrogens with zero attached hydrogens (tertiary/aromatic N) is 3. The number of hydrogen-bond donors (Lipinski definition) is 0. The van der Waals surface area contributed by atoms with Crippen molar-refractivity contribution < 1.29 is 0 Å². The Balaban J connectivity index is 2.76. The number of benzene rings is 1. The van der Waals surface area contributed by atoms with Crippen LogP contribution in [0.4, 0.5) is 0 Å². The smallest absolute Gasteiger partial charge is 0.113 e. The second-order valence-corrected chi connectivity index (χ2v) is 2.63. The van der Waals surface area contributed by atoms with Crippen LogP contribution in [0, 0.1) is 0 Å². The molecule has 1 heterocycles. The molecule has 0 saturated carbocycles. The first kappa shape index (κ1) is 6.74. The zero-order chi connectivity index (χ0) is 7.68. The molecule has 0 spiro atoms. The summed E-state index contributed by atoms with van der Waals surface area (Å²) in [4.78, 5) is 0. The van der Waals surface area contributed by atoms with Crippen LogP contribution in [0.1, 0.15) is 0 Å². The summed E-state index contributed by atoms with van der Waals surface area (Å²) >= 11 is 0. The van der Waals surface area contributed by atoms with E-state index in [1.54, 1.807) is 0 Å². The Hall–Kier alpha value is -0.950. The topological polar surface area (TPSA) is 30.7 Å². The average molecular weight is 165 g/mol. The molecule has 0 aliphatic heterocycles. The summed E-state index contributed by atoms with van der Waals surface area (Å²) in [5.41, 5.74) is 2.04. The van der Waals surface area contributed by atoms with Gasteiger partial charge in [-0.3, -0.25) is 0 Å². The molecule has 1 atom stereocenters. The Kier molecular flexibility index (Phi) is 1.59. The monoisotopic (exact) mass is 165 g/mol. The lowest BCUT2D eigenvalue weighted by molar-refractivity contribution is 0.723. The Morgan fingerprint density at radius 3 is 3.00 bits per heavy atom. The van der Waals surface area contributed by atoms with Gasteiger partial charge in [0.25, 0.3) is 0 Å². The molecule has 0 aliphatic carbocycles. The average Bonchev–Trinajstić information content (AvgIpc) is 2.47. The zero-order valence-electron chi connectivity index (χ0n) is 5.94. The molecule has 0 radical (unpaired) electrons. The highest BCUT2D eigenvalue weighted by molar-refractivity contribution is 7.15. The highest BCUT2D eigenvalue weighted by Gasteiger charge is 1.98. The van der Waals surface area contributed by atoms with Crippen LogP contribution in [0.25, 0.3) is 11.0 Å². The third-order valence-corrected chi connectivity index (χ3v) is 1.94. The van der Waals surface area contributed by atoms with Crippen molar-refractivity contribution in [2.45, 2.75) is 6.29 Å². The van der Waals surface area contributed by atoms with Crippen LogP contribution in [-0.2, 0) is 6.29 Å². The lowest BCUT2D eigenvalue weighted by Gasteiger charge is -1.93. The van der Waals surface area contributed by atoms with Crippen molar-refractivity contribution in [3.05, 3.63) is 24.3 Å². The number of fused-ring (bicyclic) bond motifs is 1. The van der Waals surface area contributed by atoms with Gasteiger partial charge in [-0.25, -0.2) is 4.68 Å². The number of aromatic nitrogens is 3. The molecule has 11 heavy (non-hydrogen) atoms. The summed E-state index contributed by atoms with van der Waals surface area (Å²) in [6.07, 6.45) is 0.792. The second-order valence-electron chi connectivity index (χ2n) is 2.26. The highest BCUT2D eigenvalue weighted by Crippen LogP contribution is 2.10. The fourth-order valence-electron chi connectivity index (χ4n) is 1.05. The lowest BCUT2D eigenvalue weighted by atomic mass is 10.3. The number of rotatable bonds is 1. The van der Waals surface area contributed by atoms with E-state index in [9.17, 15) is 0 Å². The van der Waals surface area contributed by atoms with E-state index < -0.39 is 0 Å². The molecular formula is C7H8N3P. The Bertz CT molecular complexity index is 368. The lowest BCUT2D eigenvalue weighted by Crippen LogP contribution is -1.92. The standard InChI is InChI=1S/C7H8N3P/c11-5-10-7-4-2-1-3-6(7)8-9-10/h1-4H,5,11H2. The van der Waals surface area contributed by atoms with E-state index >= 15 is 0 Å². The van der Waals surface area contributed by atoms with E-state index in [1.807, 2.05) is 28.9 Å². The van der Waals surface area contributed by atoms with Gasteiger partial charge in [0, 0.05) is 0 Å². The molecule has 2 aromatic rings. The predicted molar refractivity (Wildman–Crippen MR) is 47.2 cm³/mol. The van der Waals surface area contributed by atoms with Crippen LogP contribution in [0.5, 0.6) is 0 Å². The normalized spacial score (nSPS) is 10.6. The van der Waals surface area contributed by atoms with Gasteiger partial charge < -0.3 is 0 Å². The minimum absolute atomic E-state index is 0.792. The van der Waals surface area contributed by atoms with Crippen molar-refractivity contribution >= 4 is 20.3 Å². The summed E-state index contributed by atoms with van der Waals surface area (Å²) in [6.45, 7) is 0. The summed E-state index contributed by atoms with van der Waals surface area (Å²) in [5, 5.41) is 7.95. The van der Waals surface area contributed by atoms with E-state index in [-0.39, 0.29) is 0 Å². The number of para-hydroxylation sites is 1. The zero-order valence-corrected chi connectivity index (χ0v) is 7.09. The van der Waals surface area contributed by atoms with Gasteiger partial charge in [0.05, 0.1) is 11.8 Å². The molecule has 0 amide bonds. The molecule has 0 N–H and O–H groups in total. The van der Waals surface area contributed by atoms with E-state index in [2.05, 4.69) is 19.6 Å². The molecule has 3 nitrogen and oxygen atoms in total. The van der Waals surface area contributed by atoms with Gasteiger partial charge in [0.2, 0.25) is 0 Å². The fraction of sp³-hybridized carbons (Fsp3) is 0.143. The molecule has 1 aromatic carbocycles. The van der Waals surface area contributed by atoms with Crippen LogP contribution in [-0.4, -0.2) is 15.0 Å². The highest BCUT2D eigenvalue weighted by atomic mass is 31.0. The summed E-state index contributed by atoms with van der Waals surface area (Å²) < 4.78 is 1.85. The molecule has 0 fully saturated rings. The Morgan fingerprint density at radius 2 is 2.18 bits per heavy atom. The van der Waals surface area contributed by atoms with Gasteiger partial charge in [-0.15, -0.1) is 14.3 Å². The minimum Gasteiger partial charge on any atom is -0.241 e. The van der Waals surface area contributed by atoms with Gasteiger partial charge in [-0.2, -0.15) is 0 Å². The molecule has 0 bridgehead atoms. The second kappa shape index (κ2) is 2.59. The van der Waals surface area contributed by atoms with Crippen molar-refractivity contribution in [2.24, 2.45) is 0 Å². The Morgan fingerprint density at radius 1 is 1.36 bits per heavy atom. The van der Waals surface area contributed by atoms with Crippen molar-refractivity contribution in [2.75, 3.05) is 0 Å². The molecule has 56 valence electrons. The first-order valence-corrected chi connectivity index (χ1v) is 4.22. The van der Waals surface area contributed by atoms with E-state index in [0.29, 0.717) is 0 Å². The molecule has 0 saturated heterocycles. The predicted octanol–water partition coefficient (Wildman–Crippen LogP) is 1.26. The molecule has 4 heteroatoms. The SMILES string of the molecule is PCn1nnc2ccccc21. The van der Waals surface area contributed by atoms with Gasteiger partial charge in [-0.05, 0) is 12.1 Å². The Labute approximate surface area is 66.6 Å². The van der Waals surface area contributed by atoms with Gasteiger partial charge in [0.1, 0.15) is 5.52 Å². The third-order valence-electron chi connectivity index (χ3n) is 1.59. The largest absolute Gasteiger partial charge is 0.241 e. The first-order chi connectivity index (χ1) is 5.42. The van der Waals surface area contributed by atoms with Crippen LogP contribution < -0.4 is 0 Å². The van der Waals surface area contributed by atoms with Crippen LogP contribution in [0.3, 0.4) is 0 Å². The summed E-state index contributed by atoms with van der Waals surface area (Å²) in [6, 6.07) is 7.92. The van der Waals surface area contributed by atoms with Crippen LogP contribution in [0.15, 0.2) is 24.3 Å². The maximum Gasteiger partial charge on any atom is 0.113 e. The first-order valence-electron chi connectivity index (χ1n) is 3.40. The maximum atomic E-state index is 3.99. The molecule has 0 aliphatic rings. The van der Waals surface area contributed by atoms with Crippen LogP contribution >= 0.6 is 9.24 Å². The molecule has 1 unspecified atom stereocenters. The van der Waals surface area contributed by atoms with E-state index in [0.717, 1.165) is 17.3 Å². The van der Waals surface area contributed by atoms with Crippen molar-refractivity contribution in [1.29, 1.82) is 0 Å². The summed E-state index contributed by atoms with van der Waals surface area (Å²) in [7, 11) is 2.62. The molecule has 2 rings (SSSR count). The van der Waals surface area contributed by atoms with E-state index in [4.69, 9.17) is 0 Å².